The van der Waals surface area contributed by atoms with Gasteiger partial charge in [-0.2, -0.15) is 0 Å². The van der Waals surface area contributed by atoms with Crippen molar-refractivity contribution in [3.8, 4) is 5.75 Å². The average Bonchev–Trinajstić information content (AvgIpc) is 2.86. The summed E-state index contributed by atoms with van der Waals surface area (Å²) in [4.78, 5) is 53.3. The summed E-state index contributed by atoms with van der Waals surface area (Å²) in [5.74, 6) is -10.4. The van der Waals surface area contributed by atoms with E-state index >= 15 is 0 Å². The Balaban J connectivity index is 1.91. The highest BCUT2D eigenvalue weighted by atomic mass is 16.4. The summed E-state index contributed by atoms with van der Waals surface area (Å²) in [6.45, 7) is 5.40. The lowest BCUT2D eigenvalue weighted by atomic mass is 9.54. The van der Waals surface area contributed by atoms with Crippen LogP contribution in [0.1, 0.15) is 44.2 Å². The zero-order valence-electron chi connectivity index (χ0n) is 23.4. The molecule has 7 atom stereocenters. The van der Waals surface area contributed by atoms with Crippen molar-refractivity contribution in [2.45, 2.75) is 56.9 Å². The van der Waals surface area contributed by atoms with Crippen LogP contribution in [0.25, 0.3) is 5.76 Å². The molecule has 1 aromatic rings. The molecule has 41 heavy (non-hydrogen) atoms. The van der Waals surface area contributed by atoms with Crippen molar-refractivity contribution in [3.63, 3.8) is 0 Å². The number of nitrogens with zero attached hydrogens (tertiary/aromatic N) is 1. The lowest BCUT2D eigenvalue weighted by Gasteiger charge is -2.53. The Bertz CT molecular complexity index is 1420. The number of fused-ring (bicyclic) bond motifs is 3. The van der Waals surface area contributed by atoms with Crippen LogP contribution in [0.3, 0.4) is 0 Å². The van der Waals surface area contributed by atoms with E-state index in [1.807, 2.05) is 13.8 Å². The summed E-state index contributed by atoms with van der Waals surface area (Å²) < 4.78 is 0. The number of hydrogen-bond acceptors (Lipinski definition) is 11. The van der Waals surface area contributed by atoms with Gasteiger partial charge in [0.05, 0.1) is 35.4 Å². The Morgan fingerprint density at radius 1 is 1.15 bits per heavy atom. The number of aliphatic hydroxyl groups excluding tert-OH is 3. The number of aliphatic hydroxyl groups is 4. The average molecular weight is 573 g/mol. The molecule has 1 aromatic carbocycles. The number of nitrogens with one attached hydrogen (secondary N) is 1. The van der Waals surface area contributed by atoms with E-state index in [4.69, 9.17) is 11.5 Å². The number of carbonyl (C=O) groups is 4. The third-order valence-corrected chi connectivity index (χ3v) is 8.45. The lowest BCUT2D eigenvalue weighted by Crippen LogP contribution is -2.70. The molecule has 0 saturated heterocycles. The van der Waals surface area contributed by atoms with Crippen molar-refractivity contribution in [3.05, 3.63) is 40.2 Å². The van der Waals surface area contributed by atoms with E-state index < -0.39 is 93.3 Å². The minimum atomic E-state index is -3.01. The molecule has 0 aliphatic heterocycles. The second kappa shape index (κ2) is 10.2. The zero-order valence-corrected chi connectivity index (χ0v) is 23.4. The van der Waals surface area contributed by atoms with Crippen LogP contribution in [0.5, 0.6) is 5.75 Å². The SMILES string of the molecule is CC(C)C[C@@H](N)C(=O)Nc1ccc2c(c1O)C(O)=C1C(=O)[C@]3(O)C(O)=C(C(N)=O)C(=O)[C@@H](N(C)C)C3C(O)C1[C@H]2C. The molecule has 0 bridgehead atoms. The van der Waals surface area contributed by atoms with Gasteiger partial charge >= 0.3 is 0 Å². The Kier molecular flexibility index (Phi) is 7.54. The molecule has 3 aliphatic carbocycles. The van der Waals surface area contributed by atoms with Gasteiger partial charge in [0.1, 0.15) is 22.8 Å². The van der Waals surface area contributed by atoms with Gasteiger partial charge in [-0.15, -0.1) is 0 Å². The van der Waals surface area contributed by atoms with Gasteiger partial charge in [-0.1, -0.05) is 26.8 Å². The van der Waals surface area contributed by atoms with Crippen molar-refractivity contribution < 1.29 is 44.7 Å². The third kappa shape index (κ3) is 4.31. The van der Waals surface area contributed by atoms with Gasteiger partial charge in [-0.3, -0.25) is 24.1 Å². The Labute approximate surface area is 236 Å². The second-order valence-electron chi connectivity index (χ2n) is 11.7. The number of aromatic hydroxyl groups is 1. The fourth-order valence-corrected chi connectivity index (χ4v) is 6.56. The number of benzene rings is 1. The molecule has 0 heterocycles. The minimum absolute atomic E-state index is 0.0964. The predicted molar refractivity (Wildman–Crippen MR) is 146 cm³/mol. The number of Topliss-reactive ketones (excluding diaryl/α,β-unsaturated/α-hetero) is 2. The quantitative estimate of drug-likeness (QED) is 0.164. The summed E-state index contributed by atoms with van der Waals surface area (Å²) in [6, 6.07) is 0.591. The van der Waals surface area contributed by atoms with Crippen molar-refractivity contribution >= 4 is 34.8 Å². The molecule has 13 heteroatoms. The fourth-order valence-electron chi connectivity index (χ4n) is 6.56. The maximum atomic E-state index is 14.0. The summed E-state index contributed by atoms with van der Waals surface area (Å²) in [6.07, 6.45) is -1.32. The highest BCUT2D eigenvalue weighted by Gasteiger charge is 2.68. The maximum Gasteiger partial charge on any atom is 0.255 e. The number of phenols is 1. The van der Waals surface area contributed by atoms with E-state index in [1.54, 1.807) is 6.92 Å². The molecule has 4 rings (SSSR count). The van der Waals surface area contributed by atoms with Crippen LogP contribution in [0.4, 0.5) is 5.69 Å². The molecular formula is C28H36N4O9. The highest BCUT2D eigenvalue weighted by molar-refractivity contribution is 6.24. The number of rotatable bonds is 6. The molecule has 13 nitrogen and oxygen atoms in total. The van der Waals surface area contributed by atoms with Crippen LogP contribution in [-0.4, -0.2) is 91.7 Å². The van der Waals surface area contributed by atoms with Crippen LogP contribution >= 0.6 is 0 Å². The number of carbonyl (C=O) groups excluding carboxylic acids is 4. The minimum Gasteiger partial charge on any atom is -0.508 e. The zero-order chi connectivity index (χ0) is 30.9. The number of ketones is 2. The van der Waals surface area contributed by atoms with Crippen molar-refractivity contribution in [1.82, 2.24) is 4.90 Å². The van der Waals surface area contributed by atoms with Gasteiger partial charge in [0.2, 0.25) is 11.7 Å². The van der Waals surface area contributed by atoms with Crippen molar-refractivity contribution in [2.75, 3.05) is 19.4 Å². The predicted octanol–water partition coefficient (Wildman–Crippen LogP) is -0.192. The van der Waals surface area contributed by atoms with Gasteiger partial charge in [0, 0.05) is 11.5 Å². The van der Waals surface area contributed by atoms with E-state index in [-0.39, 0.29) is 17.2 Å². The molecular weight excluding hydrogens is 536 g/mol. The topological polar surface area (TPSA) is 237 Å². The van der Waals surface area contributed by atoms with Crippen LogP contribution in [0.15, 0.2) is 29.0 Å². The molecule has 0 spiro atoms. The molecule has 2 amide bonds. The molecule has 1 saturated carbocycles. The first kappa shape index (κ1) is 30.2. The number of primary amides is 1. The third-order valence-electron chi connectivity index (χ3n) is 8.45. The van der Waals surface area contributed by atoms with Gasteiger partial charge in [0.25, 0.3) is 5.91 Å². The molecule has 222 valence electrons. The Morgan fingerprint density at radius 2 is 1.76 bits per heavy atom. The summed E-state index contributed by atoms with van der Waals surface area (Å²) in [5.41, 5.74) is 6.75. The normalized spacial score (nSPS) is 30.2. The van der Waals surface area contributed by atoms with Crippen LogP contribution < -0.4 is 16.8 Å². The van der Waals surface area contributed by atoms with E-state index in [9.17, 15) is 44.7 Å². The summed E-state index contributed by atoms with van der Waals surface area (Å²) >= 11 is 0. The largest absolute Gasteiger partial charge is 0.508 e. The van der Waals surface area contributed by atoms with Crippen LogP contribution in [0, 0.1) is 17.8 Å². The van der Waals surface area contributed by atoms with E-state index in [1.165, 1.54) is 31.1 Å². The van der Waals surface area contributed by atoms with Crippen LogP contribution in [0.2, 0.25) is 0 Å². The molecule has 3 unspecified atom stereocenters. The first-order chi connectivity index (χ1) is 19.0. The highest BCUT2D eigenvalue weighted by Crippen LogP contribution is 2.56. The van der Waals surface area contributed by atoms with E-state index in [0.717, 1.165) is 0 Å². The monoisotopic (exact) mass is 572 g/mol. The number of hydrogen-bond donors (Lipinski definition) is 8. The van der Waals surface area contributed by atoms with Crippen molar-refractivity contribution in [2.24, 2.45) is 29.2 Å². The van der Waals surface area contributed by atoms with E-state index in [2.05, 4.69) is 5.32 Å². The van der Waals surface area contributed by atoms with Gasteiger partial charge < -0.3 is 42.3 Å². The summed E-state index contributed by atoms with van der Waals surface area (Å²) in [5, 5.41) is 59.4. The number of anilines is 1. The van der Waals surface area contributed by atoms with Gasteiger partial charge in [-0.25, -0.2) is 0 Å². The van der Waals surface area contributed by atoms with Gasteiger partial charge in [-0.05, 0) is 44.0 Å². The molecule has 0 aromatic heterocycles. The molecule has 3 aliphatic rings. The number of phenolic OH excluding ortho intramolecular Hbond substituents is 1. The number of nitrogens with two attached hydrogens (primary N) is 2. The maximum absolute atomic E-state index is 14.0. The second-order valence-corrected chi connectivity index (χ2v) is 11.7. The number of likely N-dealkylation sites (N-methyl/N-ethyl adjacent to an activating group) is 1. The Hall–Kier alpha value is -3.78. The van der Waals surface area contributed by atoms with Crippen molar-refractivity contribution in [1.29, 1.82) is 0 Å². The smallest absolute Gasteiger partial charge is 0.255 e. The number of amides is 2. The summed E-state index contributed by atoms with van der Waals surface area (Å²) in [7, 11) is 2.87. The standard InChI is InChI=1S/C28H36N4O9/c1-9(2)8-12(29)27(40)31-13-7-6-11-10(3)14-16(21(34)15(11)20(13)33)24(37)28(41)18(22(14)35)19(32(4)5)23(36)17(25(28)38)26(30)39/h6-7,9-10,12,14,18-19,22,33-35,38,41H,8,29H2,1-5H3,(H2,30,39)(H,31,40)/t10-,12+,14?,18?,19-,22?,28-/m0/s1. The van der Waals surface area contributed by atoms with Gasteiger partial charge in [0.15, 0.2) is 11.4 Å². The first-order valence-electron chi connectivity index (χ1n) is 13.2. The fraction of sp³-hybridized carbons (Fsp3) is 0.500. The van der Waals surface area contributed by atoms with Crippen LogP contribution in [-0.2, 0) is 19.2 Å². The molecule has 10 N–H and O–H groups in total. The molecule has 0 radical (unpaired) electrons. The Morgan fingerprint density at radius 3 is 2.29 bits per heavy atom. The lowest BCUT2D eigenvalue weighted by molar-refractivity contribution is -0.169. The molecule has 1 fully saturated rings. The van der Waals surface area contributed by atoms with E-state index in [0.29, 0.717) is 12.0 Å². The first-order valence-corrected chi connectivity index (χ1v) is 13.2.